The summed E-state index contributed by atoms with van der Waals surface area (Å²) >= 11 is 1.52. The van der Waals surface area contributed by atoms with Crippen LogP contribution in [0.15, 0.2) is 52.5 Å². The minimum absolute atomic E-state index is 0.223. The van der Waals surface area contributed by atoms with E-state index >= 15 is 0 Å². The molecule has 0 saturated carbocycles. The molecule has 110 valence electrons. The van der Waals surface area contributed by atoms with Crippen LogP contribution in [0.3, 0.4) is 0 Å². The van der Waals surface area contributed by atoms with Crippen molar-refractivity contribution in [2.45, 2.75) is 0 Å². The number of benzene rings is 1. The third-order valence-corrected chi connectivity index (χ3v) is 4.31. The number of aromatic amines is 1. The van der Waals surface area contributed by atoms with Crippen molar-refractivity contribution in [3.8, 4) is 16.8 Å². The first kappa shape index (κ1) is 13.5. The number of allylic oxidation sites excluding steroid dienone is 1. The van der Waals surface area contributed by atoms with Gasteiger partial charge in [-0.1, -0.05) is 29.4 Å². The summed E-state index contributed by atoms with van der Waals surface area (Å²) in [5, 5.41) is 16.4. The number of aromatic nitrogens is 3. The van der Waals surface area contributed by atoms with Crippen molar-refractivity contribution in [3.63, 3.8) is 0 Å². The van der Waals surface area contributed by atoms with Crippen LogP contribution < -0.4 is 0 Å². The molecule has 6 heteroatoms. The molecule has 0 aliphatic carbocycles. The molecule has 5 nitrogen and oxygen atoms in total. The van der Waals surface area contributed by atoms with Crippen LogP contribution in [0.1, 0.15) is 11.5 Å². The summed E-state index contributed by atoms with van der Waals surface area (Å²) in [5.41, 5.74) is 2.26. The van der Waals surface area contributed by atoms with E-state index in [4.69, 9.17) is 4.52 Å². The number of nitrogens with one attached hydrogen (secondary N) is 1. The lowest BCUT2D eigenvalue weighted by molar-refractivity contribution is 0.409. The summed E-state index contributed by atoms with van der Waals surface area (Å²) in [7, 11) is 0. The summed E-state index contributed by atoms with van der Waals surface area (Å²) < 4.78 is 5.25. The molecule has 0 spiro atoms. The lowest BCUT2D eigenvalue weighted by Gasteiger charge is -1.92. The molecule has 3 heterocycles. The smallest absolute Gasteiger partial charge is 0.268 e. The number of para-hydroxylation sites is 1. The molecule has 0 aliphatic rings. The minimum atomic E-state index is 0.223. The molecule has 0 aliphatic heterocycles. The highest BCUT2D eigenvalue weighted by atomic mass is 32.1. The second-order valence-corrected chi connectivity index (χ2v) is 5.81. The van der Waals surface area contributed by atoms with Crippen LogP contribution in [-0.2, 0) is 0 Å². The van der Waals surface area contributed by atoms with Gasteiger partial charge in [0.2, 0.25) is 5.82 Å². The molecule has 1 aromatic carbocycles. The number of thiophene rings is 1. The molecule has 0 unspecified atom stereocenters. The summed E-state index contributed by atoms with van der Waals surface area (Å²) in [5.74, 6) is 0.719. The maximum atomic E-state index is 9.44. The second kappa shape index (κ2) is 5.55. The normalized spacial score (nSPS) is 11.7. The molecule has 4 aromatic rings. The molecule has 23 heavy (non-hydrogen) atoms. The second-order valence-electron chi connectivity index (χ2n) is 4.86. The first-order valence-corrected chi connectivity index (χ1v) is 7.79. The highest BCUT2D eigenvalue weighted by molar-refractivity contribution is 7.13. The van der Waals surface area contributed by atoms with Gasteiger partial charge >= 0.3 is 0 Å². The third kappa shape index (κ3) is 2.43. The minimum Gasteiger partial charge on any atom is -0.361 e. The Hall–Kier alpha value is -3.17. The van der Waals surface area contributed by atoms with Gasteiger partial charge < -0.3 is 9.51 Å². The molecular weight excluding hydrogens is 308 g/mol. The Bertz CT molecular complexity index is 1030. The van der Waals surface area contributed by atoms with E-state index < -0.39 is 0 Å². The fourth-order valence-electron chi connectivity index (χ4n) is 2.35. The van der Waals surface area contributed by atoms with Crippen LogP contribution in [0, 0.1) is 11.3 Å². The largest absolute Gasteiger partial charge is 0.361 e. The first-order valence-electron chi connectivity index (χ1n) is 6.91. The van der Waals surface area contributed by atoms with Crippen molar-refractivity contribution in [2.75, 3.05) is 0 Å². The Morgan fingerprint density at radius 2 is 2.17 bits per heavy atom. The van der Waals surface area contributed by atoms with E-state index in [1.807, 2.05) is 48.0 Å². The zero-order chi connectivity index (χ0) is 15.6. The molecule has 0 bridgehead atoms. The molecular formula is C17H10N4OS. The van der Waals surface area contributed by atoms with Crippen LogP contribution in [0.2, 0.25) is 0 Å². The van der Waals surface area contributed by atoms with Crippen molar-refractivity contribution in [1.82, 2.24) is 15.1 Å². The van der Waals surface area contributed by atoms with Crippen molar-refractivity contribution in [1.29, 1.82) is 5.26 Å². The highest BCUT2D eigenvalue weighted by Gasteiger charge is 2.14. The van der Waals surface area contributed by atoms with Crippen LogP contribution in [0.4, 0.5) is 0 Å². The molecule has 0 atom stereocenters. The summed E-state index contributed by atoms with van der Waals surface area (Å²) in [6.45, 7) is 0. The number of nitrogens with zero attached hydrogens (tertiary/aromatic N) is 3. The van der Waals surface area contributed by atoms with Crippen molar-refractivity contribution in [2.24, 2.45) is 0 Å². The van der Waals surface area contributed by atoms with Gasteiger partial charge in [0.25, 0.3) is 5.89 Å². The van der Waals surface area contributed by atoms with Crippen LogP contribution in [-0.4, -0.2) is 15.1 Å². The molecule has 1 N–H and O–H groups in total. The first-order chi connectivity index (χ1) is 11.3. The SMILES string of the molecule is N#C/C(=C\c1c[nH]c2ccccc12)c1nc(-c2cccs2)no1. The lowest BCUT2D eigenvalue weighted by atomic mass is 10.1. The van der Waals surface area contributed by atoms with E-state index in [-0.39, 0.29) is 5.89 Å². The van der Waals surface area contributed by atoms with E-state index in [9.17, 15) is 5.26 Å². The fraction of sp³-hybridized carbons (Fsp3) is 0. The van der Waals surface area contributed by atoms with Crippen molar-refractivity contribution in [3.05, 3.63) is 59.4 Å². The Balaban J connectivity index is 1.76. The zero-order valence-electron chi connectivity index (χ0n) is 11.9. The Labute approximate surface area is 135 Å². The van der Waals surface area contributed by atoms with E-state index in [2.05, 4.69) is 21.2 Å². The summed E-state index contributed by atoms with van der Waals surface area (Å²) in [6.07, 6.45) is 3.61. The number of H-pyrrole nitrogens is 1. The maximum Gasteiger partial charge on any atom is 0.268 e. The summed E-state index contributed by atoms with van der Waals surface area (Å²) in [4.78, 5) is 8.40. The number of hydrogen-bond acceptors (Lipinski definition) is 5. The monoisotopic (exact) mass is 318 g/mol. The van der Waals surface area contributed by atoms with Crippen molar-refractivity contribution >= 4 is 33.9 Å². The van der Waals surface area contributed by atoms with Gasteiger partial charge in [0.15, 0.2) is 0 Å². The standard InChI is InChI=1S/C17H10N4OS/c18-9-11(8-12-10-19-14-5-2-1-4-13(12)14)17-20-16(21-22-17)15-6-3-7-23-15/h1-8,10,19H/b11-8+. The number of rotatable bonds is 3. The van der Waals surface area contributed by atoms with Gasteiger partial charge in [0.1, 0.15) is 11.6 Å². The van der Waals surface area contributed by atoms with Crippen molar-refractivity contribution < 1.29 is 4.52 Å². The van der Waals surface area contributed by atoms with E-state index in [1.54, 1.807) is 6.08 Å². The van der Waals surface area contributed by atoms with Gasteiger partial charge in [-0.15, -0.1) is 11.3 Å². The number of nitriles is 1. The molecule has 0 saturated heterocycles. The van der Waals surface area contributed by atoms with E-state index in [0.717, 1.165) is 21.3 Å². The van der Waals surface area contributed by atoms with Crippen LogP contribution >= 0.6 is 11.3 Å². The Morgan fingerprint density at radius 3 is 3.00 bits per heavy atom. The van der Waals surface area contributed by atoms with E-state index in [0.29, 0.717) is 11.4 Å². The zero-order valence-corrected chi connectivity index (χ0v) is 12.7. The predicted molar refractivity (Wildman–Crippen MR) is 89.4 cm³/mol. The average molecular weight is 318 g/mol. The van der Waals surface area contributed by atoms with Gasteiger partial charge in [0, 0.05) is 22.7 Å². The highest BCUT2D eigenvalue weighted by Crippen LogP contribution is 2.26. The van der Waals surface area contributed by atoms with Crippen LogP contribution in [0.5, 0.6) is 0 Å². The number of hydrogen-bond donors (Lipinski definition) is 1. The van der Waals surface area contributed by atoms with Gasteiger partial charge in [-0.2, -0.15) is 10.2 Å². The van der Waals surface area contributed by atoms with Gasteiger partial charge in [-0.3, -0.25) is 0 Å². The molecule has 0 fully saturated rings. The lowest BCUT2D eigenvalue weighted by Crippen LogP contribution is -1.82. The quantitative estimate of drug-likeness (QED) is 0.570. The topological polar surface area (TPSA) is 78.5 Å². The molecule has 3 aromatic heterocycles. The summed E-state index contributed by atoms with van der Waals surface area (Å²) in [6, 6.07) is 13.9. The molecule has 0 radical (unpaired) electrons. The number of fused-ring (bicyclic) bond motifs is 1. The Morgan fingerprint density at radius 1 is 1.26 bits per heavy atom. The third-order valence-electron chi connectivity index (χ3n) is 3.44. The predicted octanol–water partition coefficient (Wildman–Crippen LogP) is 4.34. The van der Waals surface area contributed by atoms with Gasteiger partial charge in [0.05, 0.1) is 4.88 Å². The van der Waals surface area contributed by atoms with Crippen LogP contribution in [0.25, 0.3) is 33.3 Å². The van der Waals surface area contributed by atoms with Gasteiger partial charge in [-0.05, 0) is 23.6 Å². The Kier molecular flexibility index (Phi) is 3.26. The van der Waals surface area contributed by atoms with Gasteiger partial charge in [-0.25, -0.2) is 0 Å². The fourth-order valence-corrected chi connectivity index (χ4v) is 3.00. The molecule has 0 amide bonds. The maximum absolute atomic E-state index is 9.44. The molecule has 4 rings (SSSR count). The van der Waals surface area contributed by atoms with E-state index in [1.165, 1.54) is 11.3 Å². The average Bonchev–Trinajstić information content (AvgIpc) is 3.32.